The Morgan fingerprint density at radius 1 is 1.44 bits per heavy atom. The van der Waals surface area contributed by atoms with Gasteiger partial charge in [-0.05, 0) is 18.3 Å². The van der Waals surface area contributed by atoms with Crippen molar-refractivity contribution in [1.82, 2.24) is 0 Å². The molecule has 0 radical (unpaired) electrons. The van der Waals surface area contributed by atoms with Crippen molar-refractivity contribution in [3.63, 3.8) is 0 Å². The highest BCUT2D eigenvalue weighted by Crippen LogP contribution is 2.27. The van der Waals surface area contributed by atoms with E-state index in [0.29, 0.717) is 5.41 Å². The van der Waals surface area contributed by atoms with Gasteiger partial charge in [0.05, 0.1) is 0 Å². The van der Waals surface area contributed by atoms with E-state index < -0.39 is 0 Å². The molecule has 0 aromatic heterocycles. The van der Waals surface area contributed by atoms with E-state index in [-0.39, 0.29) is 0 Å². The molecule has 0 rings (SSSR count). The van der Waals surface area contributed by atoms with Gasteiger partial charge in [-0.15, -0.1) is 6.58 Å². The molecule has 0 fully saturated rings. The molecule has 54 valence electrons. The van der Waals surface area contributed by atoms with Crippen LogP contribution >= 0.6 is 0 Å². The van der Waals surface area contributed by atoms with Gasteiger partial charge in [0.15, 0.2) is 0 Å². The normalized spacial score (nSPS) is 16.8. The summed E-state index contributed by atoms with van der Waals surface area (Å²) in [7, 11) is 0. The maximum atomic E-state index is 3.82. The summed E-state index contributed by atoms with van der Waals surface area (Å²) in [5, 5.41) is 0. The third kappa shape index (κ3) is 2.69. The Balaban J connectivity index is 3.76. The molecule has 0 heterocycles. The molecule has 0 bridgehead atoms. The van der Waals surface area contributed by atoms with Crippen LogP contribution in [-0.4, -0.2) is 0 Å². The molecule has 0 saturated heterocycles. The highest BCUT2D eigenvalue weighted by atomic mass is 14.2. The minimum absolute atomic E-state index is 0.398. The molecule has 9 heavy (non-hydrogen) atoms. The third-order valence-corrected chi connectivity index (χ3v) is 2.12. The number of hydrogen-bond acceptors (Lipinski definition) is 0. The first-order valence-corrected chi connectivity index (χ1v) is 3.82. The Hall–Kier alpha value is -0.260. The summed E-state index contributed by atoms with van der Waals surface area (Å²) >= 11 is 0. The zero-order valence-corrected chi connectivity index (χ0v) is 6.91. The summed E-state index contributed by atoms with van der Waals surface area (Å²) < 4.78 is 0. The van der Waals surface area contributed by atoms with Crippen molar-refractivity contribution in [3.8, 4) is 0 Å². The molecular weight excluding hydrogens is 108 g/mol. The first-order chi connectivity index (χ1) is 4.18. The first-order valence-electron chi connectivity index (χ1n) is 3.82. The quantitative estimate of drug-likeness (QED) is 0.506. The lowest BCUT2D eigenvalue weighted by atomic mass is 9.83. The molecule has 0 saturated carbocycles. The van der Waals surface area contributed by atoms with E-state index in [1.165, 1.54) is 19.3 Å². The largest absolute Gasteiger partial charge is 0.103 e. The van der Waals surface area contributed by atoms with Gasteiger partial charge in [0, 0.05) is 0 Å². The van der Waals surface area contributed by atoms with E-state index in [1.807, 2.05) is 0 Å². The summed E-state index contributed by atoms with van der Waals surface area (Å²) in [4.78, 5) is 0. The Labute approximate surface area is 59.0 Å². The van der Waals surface area contributed by atoms with E-state index in [4.69, 9.17) is 0 Å². The van der Waals surface area contributed by atoms with Crippen molar-refractivity contribution < 1.29 is 0 Å². The van der Waals surface area contributed by atoms with Gasteiger partial charge in [0.2, 0.25) is 0 Å². The third-order valence-electron chi connectivity index (χ3n) is 2.12. The molecule has 0 N–H and O–H groups in total. The molecule has 0 aromatic rings. The second-order valence-corrected chi connectivity index (χ2v) is 2.96. The summed E-state index contributed by atoms with van der Waals surface area (Å²) in [6.07, 6.45) is 5.82. The maximum absolute atomic E-state index is 3.82. The Morgan fingerprint density at radius 3 is 2.11 bits per heavy atom. The molecular formula is C9H18. The Morgan fingerprint density at radius 2 is 2.00 bits per heavy atom. The fraction of sp³-hybridized carbons (Fsp3) is 0.778. The van der Waals surface area contributed by atoms with E-state index in [1.54, 1.807) is 0 Å². The van der Waals surface area contributed by atoms with Crippen molar-refractivity contribution in [3.05, 3.63) is 12.7 Å². The van der Waals surface area contributed by atoms with Crippen LogP contribution in [0.5, 0.6) is 0 Å². The lowest BCUT2D eigenvalue weighted by Gasteiger charge is -2.22. The van der Waals surface area contributed by atoms with Crippen molar-refractivity contribution in [2.75, 3.05) is 0 Å². The molecule has 0 aromatic carbocycles. The van der Waals surface area contributed by atoms with Crippen molar-refractivity contribution >= 4 is 0 Å². The van der Waals surface area contributed by atoms with Crippen LogP contribution in [0.3, 0.4) is 0 Å². The smallest absolute Gasteiger partial charge is 0.0152 e. The molecule has 0 nitrogen and oxygen atoms in total. The number of allylic oxidation sites excluding steroid dienone is 1. The number of rotatable bonds is 4. The fourth-order valence-corrected chi connectivity index (χ4v) is 0.994. The predicted octanol–water partition coefficient (Wildman–Crippen LogP) is 3.39. The van der Waals surface area contributed by atoms with Crippen LogP contribution in [0.2, 0.25) is 0 Å². The molecule has 0 unspecified atom stereocenters. The standard InChI is InChI=1S/C9H18/c1-5-8-9(4,6-2)7-3/h6H,2,5,7-8H2,1,3-4H3/t9-/m0/s1. The van der Waals surface area contributed by atoms with Crippen molar-refractivity contribution in [1.29, 1.82) is 0 Å². The lowest BCUT2D eigenvalue weighted by Crippen LogP contribution is -2.09. The predicted molar refractivity (Wildman–Crippen MR) is 43.5 cm³/mol. The average Bonchev–Trinajstić information content (AvgIpc) is 1.89. The van der Waals surface area contributed by atoms with Gasteiger partial charge in [-0.3, -0.25) is 0 Å². The lowest BCUT2D eigenvalue weighted by molar-refractivity contribution is 0.374. The van der Waals surface area contributed by atoms with Gasteiger partial charge in [0.1, 0.15) is 0 Å². The minimum atomic E-state index is 0.398. The summed E-state index contributed by atoms with van der Waals surface area (Å²) in [5.74, 6) is 0. The second-order valence-electron chi connectivity index (χ2n) is 2.96. The SMILES string of the molecule is C=C[C@@](C)(CC)CCC. The summed E-state index contributed by atoms with van der Waals surface area (Å²) in [6, 6.07) is 0. The highest BCUT2D eigenvalue weighted by Gasteiger charge is 2.14. The highest BCUT2D eigenvalue weighted by molar-refractivity contribution is 4.89. The van der Waals surface area contributed by atoms with Crippen LogP contribution in [0.4, 0.5) is 0 Å². The zero-order valence-electron chi connectivity index (χ0n) is 6.91. The average molecular weight is 126 g/mol. The molecule has 0 aliphatic carbocycles. The van der Waals surface area contributed by atoms with Gasteiger partial charge in [0.25, 0.3) is 0 Å². The molecule has 0 heteroatoms. The van der Waals surface area contributed by atoms with Crippen LogP contribution in [0.25, 0.3) is 0 Å². The van der Waals surface area contributed by atoms with Gasteiger partial charge in [-0.1, -0.05) is 33.3 Å². The summed E-state index contributed by atoms with van der Waals surface area (Å²) in [6.45, 7) is 10.5. The number of hydrogen-bond donors (Lipinski definition) is 0. The topological polar surface area (TPSA) is 0 Å². The van der Waals surface area contributed by atoms with Crippen LogP contribution < -0.4 is 0 Å². The molecule has 1 atom stereocenters. The van der Waals surface area contributed by atoms with Gasteiger partial charge in [-0.2, -0.15) is 0 Å². The van der Waals surface area contributed by atoms with E-state index in [2.05, 4.69) is 33.4 Å². The summed E-state index contributed by atoms with van der Waals surface area (Å²) in [5.41, 5.74) is 0.398. The van der Waals surface area contributed by atoms with Crippen molar-refractivity contribution in [2.45, 2.75) is 40.0 Å². The first kappa shape index (κ1) is 8.74. The zero-order chi connectivity index (χ0) is 7.33. The van der Waals surface area contributed by atoms with Gasteiger partial charge >= 0.3 is 0 Å². The van der Waals surface area contributed by atoms with Crippen molar-refractivity contribution in [2.24, 2.45) is 5.41 Å². The molecule has 0 amide bonds. The molecule has 0 aliphatic rings. The Kier molecular flexibility index (Phi) is 3.60. The van der Waals surface area contributed by atoms with Crippen LogP contribution in [0.15, 0.2) is 12.7 Å². The van der Waals surface area contributed by atoms with Crippen LogP contribution in [0, 0.1) is 5.41 Å². The van der Waals surface area contributed by atoms with Gasteiger partial charge < -0.3 is 0 Å². The minimum Gasteiger partial charge on any atom is -0.103 e. The second kappa shape index (κ2) is 3.71. The monoisotopic (exact) mass is 126 g/mol. The van der Waals surface area contributed by atoms with E-state index in [9.17, 15) is 0 Å². The van der Waals surface area contributed by atoms with E-state index >= 15 is 0 Å². The fourth-order valence-electron chi connectivity index (χ4n) is 0.994. The van der Waals surface area contributed by atoms with Gasteiger partial charge in [-0.25, -0.2) is 0 Å². The van der Waals surface area contributed by atoms with E-state index in [0.717, 1.165) is 0 Å². The van der Waals surface area contributed by atoms with Crippen LogP contribution in [0.1, 0.15) is 40.0 Å². The van der Waals surface area contributed by atoms with Crippen LogP contribution in [-0.2, 0) is 0 Å². The molecule has 0 spiro atoms. The maximum Gasteiger partial charge on any atom is -0.0152 e. The molecule has 0 aliphatic heterocycles. The Bertz CT molecular complexity index is 84.0.